The summed E-state index contributed by atoms with van der Waals surface area (Å²) in [5.41, 5.74) is -0.466. The van der Waals surface area contributed by atoms with Gasteiger partial charge in [-0.1, -0.05) is 12.2 Å². The van der Waals surface area contributed by atoms with Crippen LogP contribution in [0.3, 0.4) is 0 Å². The number of allylic oxidation sites excluding steroid dienone is 1. The molecule has 1 aromatic rings. The molecule has 0 spiro atoms. The van der Waals surface area contributed by atoms with Crippen LogP contribution in [0.2, 0.25) is 0 Å². The number of amides is 1. The van der Waals surface area contributed by atoms with Gasteiger partial charge >= 0.3 is 6.09 Å². The Morgan fingerprint density at radius 2 is 2.26 bits per heavy atom. The first-order valence-corrected chi connectivity index (χ1v) is 6.42. The third-order valence-corrected chi connectivity index (χ3v) is 2.76. The predicted octanol–water partition coefficient (Wildman–Crippen LogP) is 1.75. The molecule has 0 saturated carbocycles. The molecule has 0 aromatic carbocycles. The number of hydrogen-bond donors (Lipinski definition) is 1. The Bertz CT molecular complexity index is 448. The molecule has 1 aromatic heterocycles. The van der Waals surface area contributed by atoms with Crippen LogP contribution < -0.4 is 5.32 Å². The van der Waals surface area contributed by atoms with Crippen LogP contribution in [0, 0.1) is 5.92 Å². The van der Waals surface area contributed by atoms with Gasteiger partial charge in [0.25, 0.3) is 0 Å². The molecule has 0 radical (unpaired) electrons. The van der Waals surface area contributed by atoms with E-state index in [0.717, 1.165) is 13.0 Å². The van der Waals surface area contributed by atoms with Crippen LogP contribution in [-0.4, -0.2) is 32.5 Å². The smallest absolute Gasteiger partial charge is 0.408 e. The Labute approximate surface area is 112 Å². The average molecular weight is 264 g/mol. The van der Waals surface area contributed by atoms with Gasteiger partial charge in [0, 0.05) is 6.54 Å². The number of carbonyl (C=O) groups is 1. The van der Waals surface area contributed by atoms with Crippen molar-refractivity contribution in [2.45, 2.75) is 45.4 Å². The monoisotopic (exact) mass is 264 g/mol. The van der Waals surface area contributed by atoms with Crippen molar-refractivity contribution in [3.05, 3.63) is 24.8 Å². The van der Waals surface area contributed by atoms with Gasteiger partial charge in [0.05, 0.1) is 6.04 Å². The minimum Gasteiger partial charge on any atom is -0.444 e. The molecule has 6 nitrogen and oxygen atoms in total. The van der Waals surface area contributed by atoms with Crippen LogP contribution in [0.4, 0.5) is 4.79 Å². The summed E-state index contributed by atoms with van der Waals surface area (Å²) in [6.45, 7) is 6.34. The van der Waals surface area contributed by atoms with Gasteiger partial charge in [-0.15, -0.1) is 0 Å². The van der Waals surface area contributed by atoms with Crippen molar-refractivity contribution in [2.75, 3.05) is 0 Å². The lowest BCUT2D eigenvalue weighted by Crippen LogP contribution is -2.37. The molecule has 2 atom stereocenters. The molecule has 0 bridgehead atoms. The zero-order valence-electron chi connectivity index (χ0n) is 11.5. The summed E-state index contributed by atoms with van der Waals surface area (Å²) in [6.07, 6.45) is 7.81. The fourth-order valence-electron chi connectivity index (χ4n) is 2.04. The molecule has 1 aliphatic rings. The molecule has 2 rings (SSSR count). The van der Waals surface area contributed by atoms with E-state index in [1.165, 1.54) is 6.33 Å². The standard InChI is InChI=1S/C13H20N4O2/c1-13(2,3)19-12(18)16-11-5-4-10(6-11)7-17-9-14-8-15-17/h4-5,8-11H,6-7H2,1-3H3,(H,16,18)/t10-,11+/m0/s1. The summed E-state index contributed by atoms with van der Waals surface area (Å²) >= 11 is 0. The van der Waals surface area contributed by atoms with Crippen LogP contribution in [0.5, 0.6) is 0 Å². The maximum atomic E-state index is 11.6. The highest BCUT2D eigenvalue weighted by molar-refractivity contribution is 5.68. The van der Waals surface area contributed by atoms with E-state index in [9.17, 15) is 4.79 Å². The highest BCUT2D eigenvalue weighted by Gasteiger charge is 2.23. The number of alkyl carbamates (subject to hydrolysis) is 1. The second-order valence-electron chi connectivity index (χ2n) is 5.75. The lowest BCUT2D eigenvalue weighted by Gasteiger charge is -2.21. The molecular weight excluding hydrogens is 244 g/mol. The summed E-state index contributed by atoms with van der Waals surface area (Å²) < 4.78 is 7.03. The summed E-state index contributed by atoms with van der Waals surface area (Å²) in [6, 6.07) is 0.0309. The molecular formula is C13H20N4O2. The zero-order valence-corrected chi connectivity index (χ0v) is 11.5. The lowest BCUT2D eigenvalue weighted by molar-refractivity contribution is 0.0512. The highest BCUT2D eigenvalue weighted by Crippen LogP contribution is 2.19. The van der Waals surface area contributed by atoms with E-state index in [2.05, 4.69) is 21.5 Å². The van der Waals surface area contributed by atoms with Crippen LogP contribution >= 0.6 is 0 Å². The number of hydrogen-bond acceptors (Lipinski definition) is 4. The summed E-state index contributed by atoms with van der Waals surface area (Å²) in [7, 11) is 0. The number of rotatable bonds is 3. The van der Waals surface area contributed by atoms with Crippen molar-refractivity contribution in [1.82, 2.24) is 20.1 Å². The molecule has 1 amide bonds. The molecule has 0 unspecified atom stereocenters. The van der Waals surface area contributed by atoms with E-state index in [4.69, 9.17) is 4.74 Å². The largest absolute Gasteiger partial charge is 0.444 e. The topological polar surface area (TPSA) is 69.0 Å². The van der Waals surface area contributed by atoms with Gasteiger partial charge < -0.3 is 10.1 Å². The fourth-order valence-corrected chi connectivity index (χ4v) is 2.04. The average Bonchev–Trinajstić information content (AvgIpc) is 2.88. The van der Waals surface area contributed by atoms with E-state index >= 15 is 0 Å². The lowest BCUT2D eigenvalue weighted by atomic mass is 10.1. The minimum absolute atomic E-state index is 0.0309. The molecule has 19 heavy (non-hydrogen) atoms. The molecule has 1 aliphatic carbocycles. The van der Waals surface area contributed by atoms with Crippen LogP contribution in [0.1, 0.15) is 27.2 Å². The van der Waals surface area contributed by atoms with Gasteiger partial charge in [-0.3, -0.25) is 4.68 Å². The van der Waals surface area contributed by atoms with Crippen LogP contribution in [0.15, 0.2) is 24.8 Å². The molecule has 0 aliphatic heterocycles. The first kappa shape index (κ1) is 13.6. The van der Waals surface area contributed by atoms with Crippen molar-refractivity contribution in [3.63, 3.8) is 0 Å². The number of ether oxygens (including phenoxy) is 1. The van der Waals surface area contributed by atoms with Gasteiger partial charge in [-0.05, 0) is 33.1 Å². The third-order valence-electron chi connectivity index (χ3n) is 2.76. The maximum absolute atomic E-state index is 11.6. The molecule has 6 heteroatoms. The Morgan fingerprint density at radius 3 is 2.89 bits per heavy atom. The number of nitrogens with zero attached hydrogens (tertiary/aromatic N) is 3. The van der Waals surface area contributed by atoms with Crippen molar-refractivity contribution < 1.29 is 9.53 Å². The van der Waals surface area contributed by atoms with Gasteiger partial charge in [-0.2, -0.15) is 5.10 Å². The van der Waals surface area contributed by atoms with Gasteiger partial charge in [0.15, 0.2) is 0 Å². The van der Waals surface area contributed by atoms with Gasteiger partial charge in [-0.25, -0.2) is 9.78 Å². The highest BCUT2D eigenvalue weighted by atomic mass is 16.6. The predicted molar refractivity (Wildman–Crippen MR) is 70.4 cm³/mol. The van der Waals surface area contributed by atoms with Crippen LogP contribution in [0.25, 0.3) is 0 Å². The van der Waals surface area contributed by atoms with Crippen molar-refractivity contribution in [2.24, 2.45) is 5.92 Å². The Kier molecular flexibility index (Phi) is 3.87. The van der Waals surface area contributed by atoms with E-state index in [1.807, 2.05) is 26.8 Å². The fraction of sp³-hybridized carbons (Fsp3) is 0.615. The molecule has 0 saturated heterocycles. The van der Waals surface area contributed by atoms with Gasteiger partial charge in [0.2, 0.25) is 0 Å². The van der Waals surface area contributed by atoms with Crippen LogP contribution in [-0.2, 0) is 11.3 Å². The minimum atomic E-state index is -0.466. The van der Waals surface area contributed by atoms with Crippen molar-refractivity contribution in [1.29, 1.82) is 0 Å². The van der Waals surface area contributed by atoms with Crippen molar-refractivity contribution >= 4 is 6.09 Å². The SMILES string of the molecule is CC(C)(C)OC(=O)N[C@@H]1C=C[C@H](Cn2cncn2)C1. The molecule has 0 fully saturated rings. The number of nitrogens with one attached hydrogen (secondary N) is 1. The third kappa shape index (κ3) is 4.39. The first-order valence-electron chi connectivity index (χ1n) is 6.42. The second-order valence-corrected chi connectivity index (χ2v) is 5.75. The molecule has 1 heterocycles. The van der Waals surface area contributed by atoms with Gasteiger partial charge in [0.1, 0.15) is 18.3 Å². The quantitative estimate of drug-likeness (QED) is 0.844. The van der Waals surface area contributed by atoms with E-state index in [0.29, 0.717) is 5.92 Å². The van der Waals surface area contributed by atoms with E-state index in [1.54, 1.807) is 11.0 Å². The van der Waals surface area contributed by atoms with Crippen molar-refractivity contribution in [3.8, 4) is 0 Å². The zero-order chi connectivity index (χ0) is 13.9. The number of carbonyl (C=O) groups excluding carboxylic acids is 1. The Hall–Kier alpha value is -1.85. The maximum Gasteiger partial charge on any atom is 0.408 e. The Morgan fingerprint density at radius 1 is 1.47 bits per heavy atom. The summed E-state index contributed by atoms with van der Waals surface area (Å²) in [4.78, 5) is 15.6. The number of aromatic nitrogens is 3. The Balaban J connectivity index is 1.77. The summed E-state index contributed by atoms with van der Waals surface area (Å²) in [5.74, 6) is 0.363. The first-order chi connectivity index (χ1) is 8.92. The second kappa shape index (κ2) is 5.42. The van der Waals surface area contributed by atoms with E-state index in [-0.39, 0.29) is 12.1 Å². The molecule has 1 N–H and O–H groups in total. The molecule has 104 valence electrons. The normalized spacial score (nSPS) is 22.5. The summed E-state index contributed by atoms with van der Waals surface area (Å²) in [5, 5.41) is 6.93. The van der Waals surface area contributed by atoms with E-state index < -0.39 is 5.60 Å².